The van der Waals surface area contributed by atoms with Gasteiger partial charge in [0.05, 0.1) is 27.0 Å². The van der Waals surface area contributed by atoms with E-state index in [1.807, 2.05) is 0 Å². The molecule has 33 heavy (non-hydrogen) atoms. The van der Waals surface area contributed by atoms with E-state index in [-0.39, 0.29) is 21.4 Å². The Labute approximate surface area is 198 Å². The first-order valence-electron chi connectivity index (χ1n) is 9.79. The Morgan fingerprint density at radius 3 is 2.09 bits per heavy atom. The SMILES string of the molecule is CCS(=O)(=O)N(C)c1ccc(C(=O)Nc2ccc(S(=O)(=O)Nc3ccccc3Cl)cc2)cc1. The van der Waals surface area contributed by atoms with Gasteiger partial charge in [0.25, 0.3) is 15.9 Å². The standard InChI is InChI=1S/C22H22ClN3O5S2/c1-3-32(28,29)26(2)18-12-8-16(9-13-18)22(27)24-17-10-14-19(15-11-17)33(30,31)25-21-7-5-4-6-20(21)23/h4-15,25H,3H2,1-2H3,(H,24,27). The molecule has 3 aromatic rings. The Balaban J connectivity index is 1.69. The molecule has 0 spiro atoms. The van der Waals surface area contributed by atoms with E-state index in [0.717, 1.165) is 4.31 Å². The molecule has 11 heteroatoms. The quantitative estimate of drug-likeness (QED) is 0.475. The zero-order valence-corrected chi connectivity index (χ0v) is 20.2. The Bertz CT molecular complexity index is 1360. The van der Waals surface area contributed by atoms with Crippen molar-refractivity contribution >= 4 is 54.6 Å². The summed E-state index contributed by atoms with van der Waals surface area (Å²) in [4.78, 5) is 12.5. The average Bonchev–Trinajstić information content (AvgIpc) is 2.80. The molecule has 0 saturated carbocycles. The second-order valence-electron chi connectivity index (χ2n) is 6.98. The molecule has 0 heterocycles. The van der Waals surface area contributed by atoms with Crippen LogP contribution in [0.15, 0.2) is 77.7 Å². The molecule has 0 bridgehead atoms. The molecule has 2 N–H and O–H groups in total. The monoisotopic (exact) mass is 507 g/mol. The minimum Gasteiger partial charge on any atom is -0.322 e. The number of amides is 1. The maximum absolute atomic E-state index is 12.6. The van der Waals surface area contributed by atoms with Gasteiger partial charge in [0.2, 0.25) is 10.0 Å². The first-order chi connectivity index (χ1) is 15.5. The zero-order valence-electron chi connectivity index (χ0n) is 17.8. The van der Waals surface area contributed by atoms with E-state index in [2.05, 4.69) is 10.0 Å². The molecule has 3 aromatic carbocycles. The molecule has 0 aromatic heterocycles. The van der Waals surface area contributed by atoms with Crippen molar-refractivity contribution in [2.45, 2.75) is 11.8 Å². The van der Waals surface area contributed by atoms with Gasteiger partial charge in [-0.25, -0.2) is 16.8 Å². The number of benzene rings is 3. The normalized spacial score (nSPS) is 11.6. The highest BCUT2D eigenvalue weighted by Crippen LogP contribution is 2.25. The Morgan fingerprint density at radius 1 is 0.909 bits per heavy atom. The van der Waals surface area contributed by atoms with Gasteiger partial charge in [0.1, 0.15) is 0 Å². The molecule has 174 valence electrons. The van der Waals surface area contributed by atoms with Crippen LogP contribution in [0.5, 0.6) is 0 Å². The van der Waals surface area contributed by atoms with Crippen molar-refractivity contribution in [1.29, 1.82) is 0 Å². The summed E-state index contributed by atoms with van der Waals surface area (Å²) in [5.41, 5.74) is 1.41. The molecular weight excluding hydrogens is 486 g/mol. The lowest BCUT2D eigenvalue weighted by Crippen LogP contribution is -2.28. The van der Waals surface area contributed by atoms with Crippen molar-refractivity contribution in [1.82, 2.24) is 0 Å². The summed E-state index contributed by atoms with van der Waals surface area (Å²) in [6.45, 7) is 1.55. The third-order valence-electron chi connectivity index (χ3n) is 4.82. The van der Waals surface area contributed by atoms with Gasteiger partial charge < -0.3 is 5.32 Å². The van der Waals surface area contributed by atoms with Crippen LogP contribution in [0.3, 0.4) is 0 Å². The Morgan fingerprint density at radius 2 is 1.52 bits per heavy atom. The van der Waals surface area contributed by atoms with Crippen LogP contribution in [0.25, 0.3) is 0 Å². The molecule has 0 aliphatic carbocycles. The van der Waals surface area contributed by atoms with Gasteiger partial charge in [-0.2, -0.15) is 0 Å². The van der Waals surface area contributed by atoms with Gasteiger partial charge in [0.15, 0.2) is 0 Å². The first kappa shape index (κ1) is 24.6. The first-order valence-corrected chi connectivity index (χ1v) is 13.3. The fourth-order valence-corrected chi connectivity index (χ4v) is 4.99. The van der Waals surface area contributed by atoms with Crippen LogP contribution in [0.4, 0.5) is 17.1 Å². The summed E-state index contributed by atoms with van der Waals surface area (Å²) >= 11 is 6.01. The molecule has 0 fully saturated rings. The number of carbonyl (C=O) groups is 1. The van der Waals surface area contributed by atoms with E-state index in [9.17, 15) is 21.6 Å². The van der Waals surface area contributed by atoms with Crippen molar-refractivity contribution in [2.75, 3.05) is 27.1 Å². The Kier molecular flexibility index (Phi) is 7.31. The predicted molar refractivity (Wildman–Crippen MR) is 131 cm³/mol. The largest absolute Gasteiger partial charge is 0.322 e. The number of para-hydroxylation sites is 1. The van der Waals surface area contributed by atoms with Crippen LogP contribution >= 0.6 is 11.6 Å². The van der Waals surface area contributed by atoms with Gasteiger partial charge in [-0.3, -0.25) is 13.8 Å². The molecule has 0 radical (unpaired) electrons. The number of nitrogens with one attached hydrogen (secondary N) is 2. The molecule has 1 amide bonds. The molecule has 3 rings (SSSR count). The second-order valence-corrected chi connectivity index (χ2v) is 11.4. The van der Waals surface area contributed by atoms with Crippen LogP contribution in [0.2, 0.25) is 5.02 Å². The number of carbonyl (C=O) groups excluding carboxylic acids is 1. The maximum atomic E-state index is 12.6. The summed E-state index contributed by atoms with van der Waals surface area (Å²) in [7, 11) is -5.81. The van der Waals surface area contributed by atoms with Gasteiger partial charge >= 0.3 is 0 Å². The molecule has 0 saturated heterocycles. The number of hydrogen-bond acceptors (Lipinski definition) is 5. The number of anilines is 3. The molecule has 0 atom stereocenters. The highest BCUT2D eigenvalue weighted by atomic mass is 35.5. The van der Waals surface area contributed by atoms with Gasteiger partial charge in [0, 0.05) is 18.3 Å². The fraction of sp³-hybridized carbons (Fsp3) is 0.136. The molecule has 8 nitrogen and oxygen atoms in total. The van der Waals surface area contributed by atoms with Crippen molar-refractivity contribution in [3.63, 3.8) is 0 Å². The highest BCUT2D eigenvalue weighted by molar-refractivity contribution is 7.93. The van der Waals surface area contributed by atoms with Crippen molar-refractivity contribution in [3.05, 3.63) is 83.4 Å². The summed E-state index contributed by atoms with van der Waals surface area (Å²) < 4.78 is 52.7. The number of hydrogen-bond donors (Lipinski definition) is 2. The number of sulfonamides is 2. The van der Waals surface area contributed by atoms with Crippen molar-refractivity contribution in [3.8, 4) is 0 Å². The van der Waals surface area contributed by atoms with E-state index in [4.69, 9.17) is 11.6 Å². The molecular formula is C22H22ClN3O5S2. The van der Waals surface area contributed by atoms with Crippen LogP contribution in [-0.2, 0) is 20.0 Å². The lowest BCUT2D eigenvalue weighted by atomic mass is 10.2. The van der Waals surface area contributed by atoms with Crippen LogP contribution in [0.1, 0.15) is 17.3 Å². The van der Waals surface area contributed by atoms with E-state index >= 15 is 0 Å². The third kappa shape index (κ3) is 5.84. The van der Waals surface area contributed by atoms with Gasteiger partial charge in [-0.15, -0.1) is 0 Å². The number of rotatable bonds is 8. The smallest absolute Gasteiger partial charge is 0.261 e. The van der Waals surface area contributed by atoms with Crippen LogP contribution < -0.4 is 14.3 Å². The van der Waals surface area contributed by atoms with E-state index in [1.54, 1.807) is 31.2 Å². The summed E-state index contributed by atoms with van der Waals surface area (Å²) in [6.07, 6.45) is 0. The predicted octanol–water partition coefficient (Wildman–Crippen LogP) is 4.18. The lowest BCUT2D eigenvalue weighted by Gasteiger charge is -2.18. The molecule has 0 aliphatic heterocycles. The fourth-order valence-electron chi connectivity index (χ4n) is 2.85. The number of halogens is 1. The van der Waals surface area contributed by atoms with Crippen LogP contribution in [0, 0.1) is 0 Å². The lowest BCUT2D eigenvalue weighted by molar-refractivity contribution is 0.102. The summed E-state index contributed by atoms with van der Waals surface area (Å²) in [6, 6.07) is 18.2. The molecule has 0 aliphatic rings. The van der Waals surface area contributed by atoms with Gasteiger partial charge in [-0.1, -0.05) is 23.7 Å². The zero-order chi connectivity index (χ0) is 24.2. The topological polar surface area (TPSA) is 113 Å². The third-order valence-corrected chi connectivity index (χ3v) is 8.30. The van der Waals surface area contributed by atoms with Crippen LogP contribution in [-0.4, -0.2) is 35.5 Å². The van der Waals surface area contributed by atoms with E-state index in [1.165, 1.54) is 55.6 Å². The maximum Gasteiger partial charge on any atom is 0.261 e. The van der Waals surface area contributed by atoms with Crippen molar-refractivity contribution in [2.24, 2.45) is 0 Å². The van der Waals surface area contributed by atoms with Crippen molar-refractivity contribution < 1.29 is 21.6 Å². The second kappa shape index (κ2) is 9.82. The average molecular weight is 508 g/mol. The van der Waals surface area contributed by atoms with Gasteiger partial charge in [-0.05, 0) is 67.6 Å². The minimum atomic E-state index is -3.86. The number of nitrogens with zero attached hydrogens (tertiary/aromatic N) is 1. The Hall–Kier alpha value is -3.08. The summed E-state index contributed by atoms with van der Waals surface area (Å²) in [5.74, 6) is -0.460. The summed E-state index contributed by atoms with van der Waals surface area (Å²) in [5, 5.41) is 2.95. The van der Waals surface area contributed by atoms with E-state index in [0.29, 0.717) is 16.9 Å². The minimum absolute atomic E-state index is 0.00458. The van der Waals surface area contributed by atoms with E-state index < -0.39 is 26.0 Å². The highest BCUT2D eigenvalue weighted by Gasteiger charge is 2.17. The molecule has 0 unspecified atom stereocenters.